The zero-order valence-electron chi connectivity index (χ0n) is 15.2. The lowest BCUT2D eigenvalue weighted by molar-refractivity contribution is 0.0995. The predicted octanol–water partition coefficient (Wildman–Crippen LogP) is 4.35. The fourth-order valence-electron chi connectivity index (χ4n) is 2.82. The van der Waals surface area contributed by atoms with Crippen molar-refractivity contribution in [3.05, 3.63) is 57.6 Å². The van der Waals surface area contributed by atoms with E-state index in [9.17, 15) is 9.59 Å². The molecule has 5 nitrogen and oxygen atoms in total. The number of unbranched alkanes of at least 4 members (excludes halogenated alkanes) is 1. The minimum atomic E-state index is -0.524. The molecule has 2 aromatic rings. The number of nitrogens with one attached hydrogen (secondary N) is 1. The molecule has 2 amide bonds. The number of nitrogens with two attached hydrogens (primary N) is 1. The van der Waals surface area contributed by atoms with Crippen LogP contribution < -0.4 is 15.8 Å². The molecule has 3 N–H and O–H groups in total. The van der Waals surface area contributed by atoms with Crippen LogP contribution in [0.4, 0.5) is 5.69 Å². The highest BCUT2D eigenvalue weighted by atomic mass is 35.5. The number of anilines is 1. The molecule has 0 atom stereocenters. The monoisotopic (exact) mass is 374 g/mol. The summed E-state index contributed by atoms with van der Waals surface area (Å²) in [5.74, 6) is -0.473. The van der Waals surface area contributed by atoms with Gasteiger partial charge in [0.1, 0.15) is 5.75 Å². The number of hydrogen-bond donors (Lipinski definition) is 2. The number of ether oxygens (including phenoxy) is 1. The standard InChI is InChI=1S/C20H23ClN2O3/c1-4-5-6-13-7-9-15(19(22)24)12(2)18(13)23-20(25)16-10-8-14(21)11-17(16)26-3/h7-11H,4-6H2,1-3H3,(H2,22,24)(H,23,25). The Labute approximate surface area is 158 Å². The smallest absolute Gasteiger partial charge is 0.259 e. The molecule has 2 rings (SSSR count). The Bertz CT molecular complexity index is 834. The van der Waals surface area contributed by atoms with Crippen LogP contribution in [0, 0.1) is 6.92 Å². The van der Waals surface area contributed by atoms with E-state index in [4.69, 9.17) is 22.1 Å². The van der Waals surface area contributed by atoms with Crippen LogP contribution >= 0.6 is 11.6 Å². The summed E-state index contributed by atoms with van der Waals surface area (Å²) in [4.78, 5) is 24.5. The van der Waals surface area contributed by atoms with Crippen LogP contribution in [0.25, 0.3) is 0 Å². The Morgan fingerprint density at radius 3 is 2.50 bits per heavy atom. The predicted molar refractivity (Wildman–Crippen MR) is 104 cm³/mol. The van der Waals surface area contributed by atoms with Gasteiger partial charge in [0.25, 0.3) is 5.91 Å². The third-order valence-electron chi connectivity index (χ3n) is 4.26. The average Bonchev–Trinajstić information content (AvgIpc) is 2.61. The maximum absolute atomic E-state index is 12.8. The second kappa shape index (κ2) is 8.72. The molecule has 0 aliphatic heterocycles. The molecule has 0 fully saturated rings. The van der Waals surface area contributed by atoms with Crippen molar-refractivity contribution in [2.45, 2.75) is 33.1 Å². The molecule has 0 aromatic heterocycles. The summed E-state index contributed by atoms with van der Waals surface area (Å²) in [6.45, 7) is 3.88. The number of carbonyl (C=O) groups excluding carboxylic acids is 2. The molecule has 0 aliphatic rings. The zero-order chi connectivity index (χ0) is 19.3. The molecule has 0 bridgehead atoms. The van der Waals surface area contributed by atoms with Gasteiger partial charge in [-0.2, -0.15) is 0 Å². The lowest BCUT2D eigenvalue weighted by Gasteiger charge is -2.17. The van der Waals surface area contributed by atoms with Crippen LogP contribution in [0.3, 0.4) is 0 Å². The van der Waals surface area contributed by atoms with Gasteiger partial charge < -0.3 is 15.8 Å². The fraction of sp³-hybridized carbons (Fsp3) is 0.300. The highest BCUT2D eigenvalue weighted by Crippen LogP contribution is 2.29. The van der Waals surface area contributed by atoms with E-state index in [2.05, 4.69) is 12.2 Å². The van der Waals surface area contributed by atoms with Crippen molar-refractivity contribution in [1.29, 1.82) is 0 Å². The molecule has 0 heterocycles. The van der Waals surface area contributed by atoms with Crippen molar-refractivity contribution in [2.75, 3.05) is 12.4 Å². The minimum absolute atomic E-state index is 0.332. The van der Waals surface area contributed by atoms with E-state index in [0.717, 1.165) is 24.8 Å². The maximum Gasteiger partial charge on any atom is 0.259 e. The maximum atomic E-state index is 12.8. The molecule has 0 saturated heterocycles. The van der Waals surface area contributed by atoms with Gasteiger partial charge in [-0.15, -0.1) is 0 Å². The fourth-order valence-corrected chi connectivity index (χ4v) is 2.98. The van der Waals surface area contributed by atoms with E-state index in [-0.39, 0.29) is 5.91 Å². The van der Waals surface area contributed by atoms with Gasteiger partial charge in [-0.05, 0) is 55.2 Å². The van der Waals surface area contributed by atoms with Gasteiger partial charge in [0, 0.05) is 16.3 Å². The summed E-state index contributed by atoms with van der Waals surface area (Å²) in [5.41, 5.74) is 8.46. The summed E-state index contributed by atoms with van der Waals surface area (Å²) in [6.07, 6.45) is 2.79. The Morgan fingerprint density at radius 2 is 1.88 bits per heavy atom. The van der Waals surface area contributed by atoms with Gasteiger partial charge in [-0.25, -0.2) is 0 Å². The SMILES string of the molecule is CCCCc1ccc(C(N)=O)c(C)c1NC(=O)c1ccc(Cl)cc1OC. The van der Waals surface area contributed by atoms with Gasteiger partial charge in [0.05, 0.1) is 12.7 Å². The van der Waals surface area contributed by atoms with Crippen molar-refractivity contribution in [1.82, 2.24) is 0 Å². The quantitative estimate of drug-likeness (QED) is 0.755. The second-order valence-corrected chi connectivity index (χ2v) is 6.48. The Morgan fingerprint density at radius 1 is 1.19 bits per heavy atom. The third-order valence-corrected chi connectivity index (χ3v) is 4.50. The zero-order valence-corrected chi connectivity index (χ0v) is 15.9. The first kappa shape index (κ1) is 19.8. The molecule has 0 aliphatic carbocycles. The first-order valence-electron chi connectivity index (χ1n) is 8.46. The van der Waals surface area contributed by atoms with E-state index < -0.39 is 5.91 Å². The van der Waals surface area contributed by atoms with Crippen LogP contribution in [0.2, 0.25) is 5.02 Å². The van der Waals surface area contributed by atoms with Gasteiger partial charge >= 0.3 is 0 Å². The Balaban J connectivity index is 2.44. The van der Waals surface area contributed by atoms with Gasteiger partial charge in [-0.1, -0.05) is 31.0 Å². The van der Waals surface area contributed by atoms with Crippen molar-refractivity contribution in [3.8, 4) is 5.75 Å². The molecule has 0 radical (unpaired) electrons. The molecule has 2 aromatic carbocycles. The van der Waals surface area contributed by atoms with Crippen LogP contribution in [0.1, 0.15) is 51.6 Å². The van der Waals surface area contributed by atoms with Crippen LogP contribution in [0.15, 0.2) is 30.3 Å². The van der Waals surface area contributed by atoms with Crippen molar-refractivity contribution >= 4 is 29.1 Å². The third kappa shape index (κ3) is 4.35. The largest absolute Gasteiger partial charge is 0.496 e. The minimum Gasteiger partial charge on any atom is -0.496 e. The molecule has 26 heavy (non-hydrogen) atoms. The number of aryl methyl sites for hydroxylation is 1. The number of amides is 2. The molecule has 138 valence electrons. The number of rotatable bonds is 7. The van der Waals surface area contributed by atoms with E-state index >= 15 is 0 Å². The van der Waals surface area contributed by atoms with Gasteiger partial charge in [0.2, 0.25) is 5.91 Å². The average molecular weight is 375 g/mol. The lowest BCUT2D eigenvalue weighted by Crippen LogP contribution is -2.19. The first-order valence-corrected chi connectivity index (χ1v) is 8.84. The highest BCUT2D eigenvalue weighted by Gasteiger charge is 2.18. The number of methoxy groups -OCH3 is 1. The summed E-state index contributed by atoms with van der Waals surface area (Å²) >= 11 is 5.96. The van der Waals surface area contributed by atoms with Crippen molar-refractivity contribution < 1.29 is 14.3 Å². The molecular formula is C20H23ClN2O3. The molecule has 6 heteroatoms. The van der Waals surface area contributed by atoms with Gasteiger partial charge in [0.15, 0.2) is 0 Å². The van der Waals surface area contributed by atoms with E-state index in [1.165, 1.54) is 7.11 Å². The summed E-state index contributed by atoms with van der Waals surface area (Å²) in [7, 11) is 1.48. The van der Waals surface area contributed by atoms with Crippen LogP contribution in [-0.2, 0) is 6.42 Å². The first-order chi connectivity index (χ1) is 12.4. The number of carbonyl (C=O) groups is 2. The van der Waals surface area contributed by atoms with E-state index in [1.807, 2.05) is 6.07 Å². The topological polar surface area (TPSA) is 81.4 Å². The van der Waals surface area contributed by atoms with E-state index in [0.29, 0.717) is 33.1 Å². The van der Waals surface area contributed by atoms with Crippen molar-refractivity contribution in [2.24, 2.45) is 5.73 Å². The number of hydrogen-bond acceptors (Lipinski definition) is 3. The number of primary amides is 1. The van der Waals surface area contributed by atoms with Crippen LogP contribution in [0.5, 0.6) is 5.75 Å². The summed E-state index contributed by atoms with van der Waals surface area (Å²) in [6, 6.07) is 8.37. The molecule has 0 saturated carbocycles. The molecule has 0 unspecified atom stereocenters. The molecule has 0 spiro atoms. The summed E-state index contributed by atoms with van der Waals surface area (Å²) in [5, 5.41) is 3.40. The molecular weight excluding hydrogens is 352 g/mol. The number of halogens is 1. The normalized spacial score (nSPS) is 10.5. The Kier molecular flexibility index (Phi) is 6.64. The second-order valence-electron chi connectivity index (χ2n) is 6.04. The van der Waals surface area contributed by atoms with Crippen molar-refractivity contribution in [3.63, 3.8) is 0 Å². The lowest BCUT2D eigenvalue weighted by atomic mass is 9.97. The van der Waals surface area contributed by atoms with Gasteiger partial charge in [-0.3, -0.25) is 9.59 Å². The van der Waals surface area contributed by atoms with Crippen LogP contribution in [-0.4, -0.2) is 18.9 Å². The Hall–Kier alpha value is -2.53. The summed E-state index contributed by atoms with van der Waals surface area (Å²) < 4.78 is 5.25. The van der Waals surface area contributed by atoms with E-state index in [1.54, 1.807) is 31.2 Å². The highest BCUT2D eigenvalue weighted by molar-refractivity contribution is 6.31. The number of benzene rings is 2.